The molecule has 0 aliphatic heterocycles. The predicted octanol–water partition coefficient (Wildman–Crippen LogP) is 3.16. The zero-order valence-corrected chi connectivity index (χ0v) is 11.7. The molecule has 1 N–H and O–H groups in total. The monoisotopic (exact) mass is 279 g/mol. The van der Waals surface area contributed by atoms with Crippen LogP contribution in [0.5, 0.6) is 5.75 Å². The second kappa shape index (κ2) is 5.99. The van der Waals surface area contributed by atoms with Gasteiger partial charge in [0.2, 0.25) is 0 Å². The lowest BCUT2D eigenvalue weighted by molar-refractivity contribution is 0.108. The van der Waals surface area contributed by atoms with Crippen LogP contribution in [0.4, 0.5) is 0 Å². The van der Waals surface area contributed by atoms with Crippen molar-refractivity contribution in [1.82, 2.24) is 0 Å². The Hall–Kier alpha value is -2.31. The average molecular weight is 279 g/mol. The number of fused-ring (bicyclic) bond motifs is 1. The Morgan fingerprint density at radius 2 is 1.86 bits per heavy atom. The lowest BCUT2D eigenvalue weighted by Gasteiger charge is -2.13. The minimum absolute atomic E-state index is 0.213. The van der Waals surface area contributed by atoms with E-state index in [4.69, 9.17) is 10.00 Å². The van der Waals surface area contributed by atoms with Crippen LogP contribution in [0, 0.1) is 11.3 Å². The van der Waals surface area contributed by atoms with E-state index in [1.54, 1.807) is 24.3 Å². The molecule has 2 aromatic carbocycles. The van der Waals surface area contributed by atoms with Gasteiger partial charge in [0.15, 0.2) is 0 Å². The van der Waals surface area contributed by atoms with E-state index in [9.17, 15) is 5.11 Å². The molecule has 3 rings (SSSR count). The summed E-state index contributed by atoms with van der Waals surface area (Å²) in [5, 5.41) is 18.9. The second-order valence-electron chi connectivity index (χ2n) is 5.34. The number of rotatable bonds is 4. The fraction of sp³-hybridized carbons (Fsp3) is 0.278. The van der Waals surface area contributed by atoms with Crippen LogP contribution in [-0.2, 0) is 12.8 Å². The first kappa shape index (κ1) is 13.7. The molecule has 1 aliphatic rings. The molecule has 2 aromatic rings. The number of hydrogen-bond acceptors (Lipinski definition) is 3. The Morgan fingerprint density at radius 3 is 2.62 bits per heavy atom. The molecule has 0 spiro atoms. The first-order valence-corrected chi connectivity index (χ1v) is 7.19. The summed E-state index contributed by atoms with van der Waals surface area (Å²) in [4.78, 5) is 0. The van der Waals surface area contributed by atoms with Crippen molar-refractivity contribution in [1.29, 1.82) is 5.26 Å². The van der Waals surface area contributed by atoms with Gasteiger partial charge in [-0.1, -0.05) is 18.2 Å². The van der Waals surface area contributed by atoms with Gasteiger partial charge < -0.3 is 9.84 Å². The molecule has 21 heavy (non-hydrogen) atoms. The maximum atomic E-state index is 10.1. The number of ether oxygens (including phenoxy) is 1. The van der Waals surface area contributed by atoms with Crippen molar-refractivity contribution in [3.63, 3.8) is 0 Å². The largest absolute Gasteiger partial charge is 0.491 e. The van der Waals surface area contributed by atoms with Gasteiger partial charge in [-0.25, -0.2) is 0 Å². The Kier molecular flexibility index (Phi) is 3.89. The molecule has 0 saturated heterocycles. The molecule has 0 bridgehead atoms. The number of aryl methyl sites for hydroxylation is 2. The summed E-state index contributed by atoms with van der Waals surface area (Å²) < 4.78 is 5.69. The Morgan fingerprint density at radius 1 is 1.10 bits per heavy atom. The topological polar surface area (TPSA) is 53.2 Å². The van der Waals surface area contributed by atoms with Crippen molar-refractivity contribution in [2.24, 2.45) is 0 Å². The van der Waals surface area contributed by atoms with E-state index in [-0.39, 0.29) is 6.61 Å². The molecule has 0 radical (unpaired) electrons. The normalized spacial score (nSPS) is 14.3. The lowest BCUT2D eigenvalue weighted by atomic mass is 10.1. The Bertz CT molecular complexity index is 671. The van der Waals surface area contributed by atoms with Crippen molar-refractivity contribution in [2.45, 2.75) is 25.4 Å². The van der Waals surface area contributed by atoms with E-state index < -0.39 is 6.10 Å². The first-order valence-electron chi connectivity index (χ1n) is 7.19. The maximum absolute atomic E-state index is 10.1. The van der Waals surface area contributed by atoms with Crippen LogP contribution in [0.3, 0.4) is 0 Å². The third kappa shape index (κ3) is 3.07. The second-order valence-corrected chi connectivity index (χ2v) is 5.34. The van der Waals surface area contributed by atoms with Crippen LogP contribution in [0.15, 0.2) is 42.5 Å². The standard InChI is InChI=1S/C18H17NO2/c19-11-13-4-6-15(7-5-13)18(20)12-21-17-9-8-14-2-1-3-16(14)10-17/h4-10,18,20H,1-3,12H2. The molecule has 1 aliphatic carbocycles. The fourth-order valence-electron chi connectivity index (χ4n) is 2.69. The van der Waals surface area contributed by atoms with Crippen LogP contribution < -0.4 is 4.74 Å². The van der Waals surface area contributed by atoms with E-state index >= 15 is 0 Å². The van der Waals surface area contributed by atoms with Crippen molar-refractivity contribution < 1.29 is 9.84 Å². The van der Waals surface area contributed by atoms with Crippen LogP contribution in [0.2, 0.25) is 0 Å². The molecule has 3 nitrogen and oxygen atoms in total. The molecular weight excluding hydrogens is 262 g/mol. The first-order chi connectivity index (χ1) is 10.3. The molecule has 0 amide bonds. The molecule has 106 valence electrons. The molecule has 3 heteroatoms. The third-order valence-corrected chi connectivity index (χ3v) is 3.90. The Balaban J connectivity index is 1.62. The van der Waals surface area contributed by atoms with Gasteiger partial charge in [0.25, 0.3) is 0 Å². The fourth-order valence-corrected chi connectivity index (χ4v) is 2.69. The SMILES string of the molecule is N#Cc1ccc(C(O)COc2ccc3c(c2)CCC3)cc1. The van der Waals surface area contributed by atoms with Gasteiger partial charge in [-0.2, -0.15) is 5.26 Å². The summed E-state index contributed by atoms with van der Waals surface area (Å²) >= 11 is 0. The third-order valence-electron chi connectivity index (χ3n) is 3.90. The van der Waals surface area contributed by atoms with Gasteiger partial charge in [-0.05, 0) is 60.2 Å². The minimum Gasteiger partial charge on any atom is -0.491 e. The number of nitrogens with zero attached hydrogens (tertiary/aromatic N) is 1. The van der Waals surface area contributed by atoms with E-state index in [0.29, 0.717) is 5.56 Å². The predicted molar refractivity (Wildman–Crippen MR) is 80.1 cm³/mol. The zero-order valence-electron chi connectivity index (χ0n) is 11.7. The number of benzene rings is 2. The lowest BCUT2D eigenvalue weighted by Crippen LogP contribution is -2.09. The highest BCUT2D eigenvalue weighted by atomic mass is 16.5. The van der Waals surface area contributed by atoms with E-state index in [1.165, 1.54) is 17.5 Å². The summed E-state index contributed by atoms with van der Waals surface area (Å²) in [7, 11) is 0. The summed E-state index contributed by atoms with van der Waals surface area (Å²) in [5.41, 5.74) is 4.12. The summed E-state index contributed by atoms with van der Waals surface area (Å²) in [6, 6.07) is 15.1. The van der Waals surface area contributed by atoms with Crippen molar-refractivity contribution in [3.05, 3.63) is 64.7 Å². The highest BCUT2D eigenvalue weighted by molar-refractivity contribution is 5.38. The molecule has 0 heterocycles. The van der Waals surface area contributed by atoms with Gasteiger partial charge in [0.05, 0.1) is 11.6 Å². The van der Waals surface area contributed by atoms with Crippen LogP contribution in [0.25, 0.3) is 0 Å². The summed E-state index contributed by atoms with van der Waals surface area (Å²) in [6.07, 6.45) is 2.80. The van der Waals surface area contributed by atoms with Gasteiger partial charge in [0, 0.05) is 0 Å². The number of aliphatic hydroxyl groups is 1. The van der Waals surface area contributed by atoms with Gasteiger partial charge in [0.1, 0.15) is 18.5 Å². The quantitative estimate of drug-likeness (QED) is 0.935. The van der Waals surface area contributed by atoms with E-state index in [2.05, 4.69) is 18.2 Å². The maximum Gasteiger partial charge on any atom is 0.119 e. The number of aliphatic hydroxyl groups excluding tert-OH is 1. The van der Waals surface area contributed by atoms with Gasteiger partial charge >= 0.3 is 0 Å². The average Bonchev–Trinajstić information content (AvgIpc) is 3.00. The summed E-state index contributed by atoms with van der Waals surface area (Å²) in [5.74, 6) is 0.809. The van der Waals surface area contributed by atoms with E-state index in [1.807, 2.05) is 6.07 Å². The van der Waals surface area contributed by atoms with Crippen LogP contribution >= 0.6 is 0 Å². The summed E-state index contributed by atoms with van der Waals surface area (Å²) in [6.45, 7) is 0.213. The Labute approximate surface area is 124 Å². The minimum atomic E-state index is -0.689. The van der Waals surface area contributed by atoms with Gasteiger partial charge in [-0.3, -0.25) is 0 Å². The van der Waals surface area contributed by atoms with Crippen molar-refractivity contribution in [3.8, 4) is 11.8 Å². The van der Waals surface area contributed by atoms with Gasteiger partial charge in [-0.15, -0.1) is 0 Å². The molecule has 0 aromatic heterocycles. The molecule has 1 unspecified atom stereocenters. The highest BCUT2D eigenvalue weighted by Crippen LogP contribution is 2.26. The number of nitriles is 1. The molecule has 0 saturated carbocycles. The van der Waals surface area contributed by atoms with Crippen LogP contribution in [0.1, 0.15) is 34.8 Å². The number of hydrogen-bond donors (Lipinski definition) is 1. The van der Waals surface area contributed by atoms with E-state index in [0.717, 1.165) is 24.2 Å². The highest BCUT2D eigenvalue weighted by Gasteiger charge is 2.13. The molecule has 1 atom stereocenters. The smallest absolute Gasteiger partial charge is 0.119 e. The van der Waals surface area contributed by atoms with Crippen LogP contribution in [-0.4, -0.2) is 11.7 Å². The molecular formula is C18H17NO2. The van der Waals surface area contributed by atoms with Crippen molar-refractivity contribution >= 4 is 0 Å². The molecule has 0 fully saturated rings. The zero-order chi connectivity index (χ0) is 14.7. The van der Waals surface area contributed by atoms with Crippen molar-refractivity contribution in [2.75, 3.05) is 6.61 Å².